The minimum absolute atomic E-state index is 0.244. The molecule has 84 valence electrons. The number of ether oxygens (including phenoxy) is 1. The van der Waals surface area contributed by atoms with Crippen molar-refractivity contribution in [2.75, 3.05) is 13.7 Å². The number of benzene rings is 1. The topological polar surface area (TPSA) is 41.5 Å². The second kappa shape index (κ2) is 5.95. The zero-order valence-corrected chi connectivity index (χ0v) is 9.71. The van der Waals surface area contributed by atoms with Crippen LogP contribution in [0.5, 0.6) is 5.75 Å². The molecule has 0 aliphatic carbocycles. The van der Waals surface area contributed by atoms with Crippen LogP contribution in [-0.2, 0) is 11.3 Å². The van der Waals surface area contributed by atoms with E-state index in [0.29, 0.717) is 18.2 Å². The summed E-state index contributed by atoms with van der Waals surface area (Å²) in [6.45, 7) is 3.24. The largest absolute Gasteiger partial charge is 0.508 e. The Kier molecular flexibility index (Phi) is 4.88. The third-order valence-electron chi connectivity index (χ3n) is 2.10. The van der Waals surface area contributed by atoms with Crippen molar-refractivity contribution in [1.29, 1.82) is 0 Å². The van der Waals surface area contributed by atoms with Gasteiger partial charge in [0.1, 0.15) is 5.75 Å². The maximum absolute atomic E-state index is 9.55. The van der Waals surface area contributed by atoms with Gasteiger partial charge in [-0.15, -0.1) is 0 Å². The van der Waals surface area contributed by atoms with E-state index in [1.165, 1.54) is 0 Å². The first kappa shape index (κ1) is 12.3. The second-order valence-electron chi connectivity index (χ2n) is 3.51. The van der Waals surface area contributed by atoms with Gasteiger partial charge in [-0.1, -0.05) is 11.6 Å². The standard InChI is InChI=1S/C11H16ClNO2/c1-8(7-15-2)13-6-9-5-10(12)3-4-11(9)14/h3-5,8,13-14H,6-7H2,1-2H3/t8-/m0/s1. The van der Waals surface area contributed by atoms with E-state index in [-0.39, 0.29) is 11.8 Å². The van der Waals surface area contributed by atoms with Gasteiger partial charge in [-0.25, -0.2) is 0 Å². The molecule has 0 saturated heterocycles. The van der Waals surface area contributed by atoms with E-state index in [9.17, 15) is 5.11 Å². The summed E-state index contributed by atoms with van der Waals surface area (Å²) >= 11 is 5.83. The predicted octanol–water partition coefficient (Wildman–Crippen LogP) is 2.17. The molecular formula is C11H16ClNO2. The quantitative estimate of drug-likeness (QED) is 0.813. The number of methoxy groups -OCH3 is 1. The first-order valence-electron chi connectivity index (χ1n) is 4.83. The van der Waals surface area contributed by atoms with E-state index in [1.54, 1.807) is 25.3 Å². The minimum atomic E-state index is 0.244. The fourth-order valence-corrected chi connectivity index (χ4v) is 1.48. The lowest BCUT2D eigenvalue weighted by Crippen LogP contribution is -2.29. The molecule has 1 atom stereocenters. The molecule has 4 heteroatoms. The van der Waals surface area contributed by atoms with Gasteiger partial charge in [0.25, 0.3) is 0 Å². The molecule has 0 spiro atoms. The first-order valence-corrected chi connectivity index (χ1v) is 5.21. The summed E-state index contributed by atoms with van der Waals surface area (Å²) in [5, 5.41) is 13.4. The van der Waals surface area contributed by atoms with Gasteiger partial charge in [-0.05, 0) is 25.1 Å². The molecule has 2 N–H and O–H groups in total. The zero-order valence-electron chi connectivity index (χ0n) is 8.96. The fourth-order valence-electron chi connectivity index (χ4n) is 1.29. The van der Waals surface area contributed by atoms with Crippen LogP contribution in [0, 0.1) is 0 Å². The Morgan fingerprint density at radius 1 is 1.53 bits per heavy atom. The van der Waals surface area contributed by atoms with Crippen LogP contribution in [0.3, 0.4) is 0 Å². The van der Waals surface area contributed by atoms with Crippen LogP contribution in [-0.4, -0.2) is 24.9 Å². The van der Waals surface area contributed by atoms with Gasteiger partial charge in [-0.2, -0.15) is 0 Å². The smallest absolute Gasteiger partial charge is 0.120 e. The van der Waals surface area contributed by atoms with Crippen molar-refractivity contribution in [3.63, 3.8) is 0 Å². The van der Waals surface area contributed by atoms with Crippen molar-refractivity contribution >= 4 is 11.6 Å². The zero-order chi connectivity index (χ0) is 11.3. The molecule has 0 aliphatic rings. The molecule has 0 heterocycles. The van der Waals surface area contributed by atoms with Crippen molar-refractivity contribution in [2.45, 2.75) is 19.5 Å². The molecule has 0 radical (unpaired) electrons. The number of rotatable bonds is 5. The van der Waals surface area contributed by atoms with Gasteiger partial charge < -0.3 is 15.2 Å². The van der Waals surface area contributed by atoms with Crippen LogP contribution in [0.25, 0.3) is 0 Å². The van der Waals surface area contributed by atoms with Gasteiger partial charge in [0.2, 0.25) is 0 Å². The number of hydrogen-bond acceptors (Lipinski definition) is 3. The SMILES string of the molecule is COC[C@H](C)NCc1cc(Cl)ccc1O. The lowest BCUT2D eigenvalue weighted by atomic mass is 10.2. The average Bonchev–Trinajstić information content (AvgIpc) is 2.20. The van der Waals surface area contributed by atoms with Gasteiger partial charge >= 0.3 is 0 Å². The summed E-state index contributed by atoms with van der Waals surface area (Å²) < 4.78 is 4.99. The van der Waals surface area contributed by atoms with Gasteiger partial charge in [0, 0.05) is 30.3 Å². The highest BCUT2D eigenvalue weighted by Crippen LogP contribution is 2.21. The van der Waals surface area contributed by atoms with Crippen LogP contribution in [0.1, 0.15) is 12.5 Å². The molecule has 0 fully saturated rings. The van der Waals surface area contributed by atoms with Gasteiger partial charge in [0.15, 0.2) is 0 Å². The Morgan fingerprint density at radius 2 is 2.27 bits per heavy atom. The Balaban J connectivity index is 2.53. The normalized spacial score (nSPS) is 12.7. The van der Waals surface area contributed by atoms with Crippen molar-refractivity contribution in [1.82, 2.24) is 5.32 Å². The molecule has 0 aromatic heterocycles. The average molecular weight is 230 g/mol. The summed E-state index contributed by atoms with van der Waals surface area (Å²) in [6, 6.07) is 5.26. The Labute approximate surface area is 95.0 Å². The maximum Gasteiger partial charge on any atom is 0.120 e. The third-order valence-corrected chi connectivity index (χ3v) is 2.33. The summed E-state index contributed by atoms with van der Waals surface area (Å²) in [6.07, 6.45) is 0. The number of halogens is 1. The Bertz CT molecular complexity index is 317. The summed E-state index contributed by atoms with van der Waals surface area (Å²) in [5.41, 5.74) is 0.797. The Morgan fingerprint density at radius 3 is 2.93 bits per heavy atom. The molecule has 3 nitrogen and oxygen atoms in total. The molecule has 0 aliphatic heterocycles. The number of aromatic hydroxyl groups is 1. The molecule has 0 saturated carbocycles. The molecule has 0 amide bonds. The fraction of sp³-hybridized carbons (Fsp3) is 0.455. The van der Waals surface area contributed by atoms with Crippen LogP contribution in [0.4, 0.5) is 0 Å². The lowest BCUT2D eigenvalue weighted by molar-refractivity contribution is 0.171. The highest BCUT2D eigenvalue weighted by atomic mass is 35.5. The van der Waals surface area contributed by atoms with E-state index in [4.69, 9.17) is 16.3 Å². The molecular weight excluding hydrogens is 214 g/mol. The molecule has 1 aromatic carbocycles. The lowest BCUT2D eigenvalue weighted by Gasteiger charge is -2.13. The summed E-state index contributed by atoms with van der Waals surface area (Å²) in [4.78, 5) is 0. The van der Waals surface area contributed by atoms with Crippen molar-refractivity contribution in [3.05, 3.63) is 28.8 Å². The van der Waals surface area contributed by atoms with Crippen LogP contribution in [0.15, 0.2) is 18.2 Å². The molecule has 15 heavy (non-hydrogen) atoms. The molecule has 0 unspecified atom stereocenters. The summed E-state index contributed by atoms with van der Waals surface area (Å²) in [7, 11) is 1.66. The van der Waals surface area contributed by atoms with E-state index in [2.05, 4.69) is 5.32 Å². The number of phenolic OH excluding ortho intramolecular Hbond substituents is 1. The van der Waals surface area contributed by atoms with Gasteiger partial charge in [-0.3, -0.25) is 0 Å². The van der Waals surface area contributed by atoms with Crippen LogP contribution < -0.4 is 5.32 Å². The van der Waals surface area contributed by atoms with Crippen LogP contribution in [0.2, 0.25) is 5.02 Å². The number of hydrogen-bond donors (Lipinski definition) is 2. The highest BCUT2D eigenvalue weighted by Gasteiger charge is 2.04. The number of phenols is 1. The Hall–Kier alpha value is -0.770. The van der Waals surface area contributed by atoms with Crippen LogP contribution >= 0.6 is 11.6 Å². The predicted molar refractivity (Wildman–Crippen MR) is 61.3 cm³/mol. The molecule has 1 rings (SSSR count). The second-order valence-corrected chi connectivity index (χ2v) is 3.95. The highest BCUT2D eigenvalue weighted by molar-refractivity contribution is 6.30. The monoisotopic (exact) mass is 229 g/mol. The van der Waals surface area contributed by atoms with Crippen molar-refractivity contribution in [3.8, 4) is 5.75 Å². The van der Waals surface area contributed by atoms with E-state index < -0.39 is 0 Å². The minimum Gasteiger partial charge on any atom is -0.508 e. The first-order chi connectivity index (χ1) is 7.13. The number of nitrogens with one attached hydrogen (secondary N) is 1. The van der Waals surface area contributed by atoms with Gasteiger partial charge in [0.05, 0.1) is 6.61 Å². The van der Waals surface area contributed by atoms with E-state index in [1.807, 2.05) is 6.92 Å². The van der Waals surface area contributed by atoms with Crippen molar-refractivity contribution < 1.29 is 9.84 Å². The molecule has 1 aromatic rings. The maximum atomic E-state index is 9.55. The molecule has 0 bridgehead atoms. The third kappa shape index (κ3) is 4.08. The van der Waals surface area contributed by atoms with Crippen molar-refractivity contribution in [2.24, 2.45) is 0 Å². The van der Waals surface area contributed by atoms with E-state index in [0.717, 1.165) is 5.56 Å². The summed E-state index contributed by atoms with van der Waals surface area (Å²) in [5.74, 6) is 0.261. The van der Waals surface area contributed by atoms with E-state index >= 15 is 0 Å².